The Balaban J connectivity index is 2.71. The summed E-state index contributed by atoms with van der Waals surface area (Å²) in [6.45, 7) is 4.44. The lowest BCUT2D eigenvalue weighted by Gasteiger charge is -2.03. The van der Waals surface area contributed by atoms with Crippen molar-refractivity contribution in [3.8, 4) is 0 Å². The molecule has 1 rings (SSSR count). The van der Waals surface area contributed by atoms with Gasteiger partial charge in [-0.1, -0.05) is 6.58 Å². The summed E-state index contributed by atoms with van der Waals surface area (Å²) < 4.78 is 0. The van der Waals surface area contributed by atoms with Crippen LogP contribution in [-0.4, -0.2) is 24.4 Å². The molecule has 0 atom stereocenters. The first kappa shape index (κ1) is 5.35. The van der Waals surface area contributed by atoms with Crippen LogP contribution in [0.4, 0.5) is 0 Å². The average molecular weight is 111 g/mol. The number of carbonyl (C=O) groups is 1. The van der Waals surface area contributed by atoms with E-state index < -0.39 is 0 Å². The Labute approximate surface area is 48.8 Å². The maximum absolute atomic E-state index is 10.7. The van der Waals surface area contributed by atoms with E-state index in [4.69, 9.17) is 0 Å². The summed E-state index contributed by atoms with van der Waals surface area (Å²) in [7, 11) is 1.79. The maximum Gasteiger partial charge on any atom is 0.248 e. The first-order chi connectivity index (χ1) is 3.72. The van der Waals surface area contributed by atoms with Gasteiger partial charge in [-0.15, -0.1) is 0 Å². The van der Waals surface area contributed by atoms with Crippen LogP contribution in [0.2, 0.25) is 0 Å². The second kappa shape index (κ2) is 1.62. The summed E-state index contributed by atoms with van der Waals surface area (Å²) in [5.41, 5.74) is 0.743. The largest absolute Gasteiger partial charge is 0.342 e. The van der Waals surface area contributed by atoms with E-state index in [0.717, 1.165) is 18.5 Å². The molecule has 2 nitrogen and oxygen atoms in total. The van der Waals surface area contributed by atoms with Crippen LogP contribution < -0.4 is 0 Å². The fourth-order valence-electron chi connectivity index (χ4n) is 0.781. The minimum Gasteiger partial charge on any atom is -0.342 e. The fraction of sp³-hybridized carbons (Fsp3) is 0.500. The molecule has 0 aromatic rings. The summed E-state index contributed by atoms with van der Waals surface area (Å²) >= 11 is 0. The summed E-state index contributed by atoms with van der Waals surface area (Å²) in [5, 5.41) is 0. The molecular weight excluding hydrogens is 102 g/mol. The number of likely N-dealkylation sites (N-methyl/N-ethyl adjacent to an activating group) is 1. The molecule has 2 heteroatoms. The number of nitrogens with zero attached hydrogens (tertiary/aromatic N) is 1. The van der Waals surface area contributed by atoms with Crippen LogP contribution in [0.15, 0.2) is 12.2 Å². The van der Waals surface area contributed by atoms with Crippen LogP contribution >= 0.6 is 0 Å². The van der Waals surface area contributed by atoms with E-state index in [9.17, 15) is 4.79 Å². The Hall–Kier alpha value is -0.790. The number of rotatable bonds is 0. The van der Waals surface area contributed by atoms with Crippen molar-refractivity contribution < 1.29 is 4.79 Å². The molecule has 1 aliphatic heterocycles. The highest BCUT2D eigenvalue weighted by atomic mass is 16.2. The van der Waals surface area contributed by atoms with Crippen molar-refractivity contribution in [2.45, 2.75) is 6.42 Å². The van der Waals surface area contributed by atoms with E-state index in [-0.39, 0.29) is 5.91 Å². The van der Waals surface area contributed by atoms with Gasteiger partial charge in [0.05, 0.1) is 0 Å². The van der Waals surface area contributed by atoms with Crippen molar-refractivity contribution in [2.24, 2.45) is 0 Å². The lowest BCUT2D eigenvalue weighted by atomic mass is 10.3. The summed E-state index contributed by atoms with van der Waals surface area (Å²) in [6, 6.07) is 0. The molecular formula is C6H9NO. The molecule has 1 amide bonds. The van der Waals surface area contributed by atoms with Crippen LogP contribution in [0.3, 0.4) is 0 Å². The van der Waals surface area contributed by atoms with Gasteiger partial charge < -0.3 is 4.90 Å². The molecule has 0 aromatic carbocycles. The van der Waals surface area contributed by atoms with E-state index in [0.29, 0.717) is 0 Å². The van der Waals surface area contributed by atoms with Gasteiger partial charge in [-0.3, -0.25) is 4.79 Å². The maximum atomic E-state index is 10.7. The molecule has 8 heavy (non-hydrogen) atoms. The zero-order valence-corrected chi connectivity index (χ0v) is 4.98. The minimum atomic E-state index is 0.102. The Bertz CT molecular complexity index is 139. The van der Waals surface area contributed by atoms with Crippen LogP contribution in [0, 0.1) is 0 Å². The van der Waals surface area contributed by atoms with E-state index in [1.54, 1.807) is 11.9 Å². The number of carbonyl (C=O) groups excluding carboxylic acids is 1. The van der Waals surface area contributed by atoms with Gasteiger partial charge in [-0.2, -0.15) is 0 Å². The molecule has 1 heterocycles. The topological polar surface area (TPSA) is 20.3 Å². The molecule has 0 radical (unpaired) electrons. The monoisotopic (exact) mass is 111 g/mol. The van der Waals surface area contributed by atoms with Crippen molar-refractivity contribution in [3.05, 3.63) is 12.2 Å². The van der Waals surface area contributed by atoms with Crippen molar-refractivity contribution in [1.29, 1.82) is 0 Å². The van der Waals surface area contributed by atoms with E-state index in [2.05, 4.69) is 6.58 Å². The Kier molecular flexibility index (Phi) is 1.08. The zero-order valence-electron chi connectivity index (χ0n) is 4.98. The third kappa shape index (κ3) is 0.619. The van der Waals surface area contributed by atoms with Gasteiger partial charge in [0.2, 0.25) is 5.91 Å². The van der Waals surface area contributed by atoms with Gasteiger partial charge in [-0.05, 0) is 6.42 Å². The summed E-state index contributed by atoms with van der Waals surface area (Å²) in [4.78, 5) is 12.4. The first-order valence-electron chi connectivity index (χ1n) is 2.65. The van der Waals surface area contributed by atoms with Gasteiger partial charge in [0, 0.05) is 19.2 Å². The molecule has 0 spiro atoms. The Morgan fingerprint density at radius 2 is 2.38 bits per heavy atom. The molecule has 1 fully saturated rings. The van der Waals surface area contributed by atoms with Crippen molar-refractivity contribution in [1.82, 2.24) is 4.90 Å². The van der Waals surface area contributed by atoms with Crippen molar-refractivity contribution in [2.75, 3.05) is 13.6 Å². The highest BCUT2D eigenvalue weighted by molar-refractivity contribution is 5.94. The van der Waals surface area contributed by atoms with E-state index in [1.165, 1.54) is 0 Å². The molecule has 0 aliphatic carbocycles. The standard InChI is InChI=1S/C6H9NO/c1-5-3-4-7(2)6(5)8/h1,3-4H2,2H3. The lowest BCUT2D eigenvalue weighted by Crippen LogP contribution is -2.18. The summed E-state index contributed by atoms with van der Waals surface area (Å²) in [6.07, 6.45) is 0.843. The number of hydrogen-bond acceptors (Lipinski definition) is 1. The molecule has 0 aromatic heterocycles. The van der Waals surface area contributed by atoms with Gasteiger partial charge in [0.25, 0.3) is 0 Å². The Morgan fingerprint density at radius 1 is 1.75 bits per heavy atom. The molecule has 0 saturated carbocycles. The van der Waals surface area contributed by atoms with Crippen LogP contribution in [-0.2, 0) is 4.79 Å². The second-order valence-electron chi connectivity index (χ2n) is 2.08. The quantitative estimate of drug-likeness (QED) is 0.414. The number of hydrogen-bond donors (Lipinski definition) is 0. The van der Waals surface area contributed by atoms with Gasteiger partial charge in [0.15, 0.2) is 0 Å². The molecule has 0 unspecified atom stereocenters. The van der Waals surface area contributed by atoms with Crippen molar-refractivity contribution >= 4 is 5.91 Å². The third-order valence-electron chi connectivity index (χ3n) is 1.40. The van der Waals surface area contributed by atoms with Crippen LogP contribution in [0.1, 0.15) is 6.42 Å². The fourth-order valence-corrected chi connectivity index (χ4v) is 0.781. The lowest BCUT2D eigenvalue weighted by molar-refractivity contribution is -0.123. The smallest absolute Gasteiger partial charge is 0.248 e. The van der Waals surface area contributed by atoms with Crippen LogP contribution in [0.25, 0.3) is 0 Å². The van der Waals surface area contributed by atoms with E-state index >= 15 is 0 Å². The first-order valence-corrected chi connectivity index (χ1v) is 2.65. The highest BCUT2D eigenvalue weighted by Gasteiger charge is 2.19. The molecule has 0 N–H and O–H groups in total. The molecule has 44 valence electrons. The molecule has 1 saturated heterocycles. The van der Waals surface area contributed by atoms with Crippen LogP contribution in [0.5, 0.6) is 0 Å². The molecule has 1 aliphatic rings. The van der Waals surface area contributed by atoms with Gasteiger partial charge in [0.1, 0.15) is 0 Å². The minimum absolute atomic E-state index is 0.102. The normalized spacial score (nSPS) is 20.4. The number of amides is 1. The number of likely N-dealkylation sites (tertiary alicyclic amines) is 1. The second-order valence-corrected chi connectivity index (χ2v) is 2.08. The predicted octanol–water partition coefficient (Wildman–Crippen LogP) is 0.405. The predicted molar refractivity (Wildman–Crippen MR) is 31.4 cm³/mol. The van der Waals surface area contributed by atoms with Gasteiger partial charge >= 0.3 is 0 Å². The SMILES string of the molecule is C=C1CCN(C)C1=O. The average Bonchev–Trinajstić information content (AvgIpc) is 1.98. The highest BCUT2D eigenvalue weighted by Crippen LogP contribution is 2.11. The van der Waals surface area contributed by atoms with E-state index in [1.807, 2.05) is 0 Å². The van der Waals surface area contributed by atoms with Gasteiger partial charge in [-0.25, -0.2) is 0 Å². The zero-order chi connectivity index (χ0) is 6.15. The molecule has 0 bridgehead atoms. The summed E-state index contributed by atoms with van der Waals surface area (Å²) in [5.74, 6) is 0.102. The Morgan fingerprint density at radius 3 is 2.50 bits per heavy atom. The third-order valence-corrected chi connectivity index (χ3v) is 1.40. The van der Waals surface area contributed by atoms with Crippen molar-refractivity contribution in [3.63, 3.8) is 0 Å².